The van der Waals surface area contributed by atoms with Crippen LogP contribution in [0.15, 0.2) is 18.2 Å². The number of hydrogen-bond acceptors (Lipinski definition) is 4. The molecule has 5 nitrogen and oxygen atoms in total. The van der Waals surface area contributed by atoms with Crippen molar-refractivity contribution in [1.29, 1.82) is 5.41 Å². The molecule has 1 aliphatic heterocycles. The van der Waals surface area contributed by atoms with Gasteiger partial charge < -0.3 is 20.5 Å². The lowest BCUT2D eigenvalue weighted by molar-refractivity contribution is -0.0421. The summed E-state index contributed by atoms with van der Waals surface area (Å²) in [6.07, 6.45) is -0.165. The van der Waals surface area contributed by atoms with E-state index >= 15 is 0 Å². The van der Waals surface area contributed by atoms with Gasteiger partial charge in [0.25, 0.3) is 0 Å². The predicted molar refractivity (Wildman–Crippen MR) is 76.1 cm³/mol. The van der Waals surface area contributed by atoms with Crippen LogP contribution in [0, 0.1) is 5.41 Å². The number of amidine groups is 1. The molecule has 0 amide bonds. The summed E-state index contributed by atoms with van der Waals surface area (Å²) in [6.45, 7) is 3.27. The zero-order valence-electron chi connectivity index (χ0n) is 10.8. The second-order valence-corrected chi connectivity index (χ2v) is 5.14. The van der Waals surface area contributed by atoms with Gasteiger partial charge in [0, 0.05) is 18.7 Å². The van der Waals surface area contributed by atoms with Crippen molar-refractivity contribution in [2.75, 3.05) is 24.6 Å². The van der Waals surface area contributed by atoms with E-state index in [4.69, 9.17) is 27.5 Å². The lowest BCUT2D eigenvalue weighted by Crippen LogP contribution is -2.48. The molecule has 2 atom stereocenters. The molecule has 0 spiro atoms. The number of hydrogen-bond donors (Lipinski definition) is 3. The van der Waals surface area contributed by atoms with Crippen molar-refractivity contribution in [3.8, 4) is 0 Å². The third kappa shape index (κ3) is 3.18. The zero-order chi connectivity index (χ0) is 14.0. The van der Waals surface area contributed by atoms with Gasteiger partial charge >= 0.3 is 0 Å². The molecule has 104 valence electrons. The van der Waals surface area contributed by atoms with Gasteiger partial charge in [0.15, 0.2) is 0 Å². The number of aliphatic hydroxyl groups is 1. The summed E-state index contributed by atoms with van der Waals surface area (Å²) in [4.78, 5) is 2.08. The van der Waals surface area contributed by atoms with Gasteiger partial charge in [-0.3, -0.25) is 5.41 Å². The van der Waals surface area contributed by atoms with Crippen LogP contribution in [0.5, 0.6) is 0 Å². The summed E-state index contributed by atoms with van der Waals surface area (Å²) in [7, 11) is 0. The highest BCUT2D eigenvalue weighted by Crippen LogP contribution is 2.29. The molecule has 1 saturated heterocycles. The maximum atomic E-state index is 9.23. The van der Waals surface area contributed by atoms with Gasteiger partial charge in [-0.25, -0.2) is 0 Å². The van der Waals surface area contributed by atoms with E-state index < -0.39 is 0 Å². The van der Waals surface area contributed by atoms with E-state index in [0.717, 1.165) is 12.2 Å². The van der Waals surface area contributed by atoms with Gasteiger partial charge in [-0.15, -0.1) is 0 Å². The monoisotopic (exact) mass is 283 g/mol. The average molecular weight is 284 g/mol. The first-order valence-corrected chi connectivity index (χ1v) is 6.54. The Morgan fingerprint density at radius 1 is 1.58 bits per heavy atom. The van der Waals surface area contributed by atoms with Crippen LogP contribution in [0.1, 0.15) is 12.5 Å². The summed E-state index contributed by atoms with van der Waals surface area (Å²) in [5.41, 5.74) is 6.92. The van der Waals surface area contributed by atoms with Crippen molar-refractivity contribution in [2.45, 2.75) is 19.1 Å². The molecule has 1 aromatic rings. The number of halogens is 1. The highest BCUT2D eigenvalue weighted by Gasteiger charge is 2.26. The molecule has 1 fully saturated rings. The molecule has 0 radical (unpaired) electrons. The fraction of sp³-hybridized carbons (Fsp3) is 0.462. The van der Waals surface area contributed by atoms with E-state index in [-0.39, 0.29) is 24.7 Å². The molecular weight excluding hydrogens is 266 g/mol. The maximum Gasteiger partial charge on any atom is 0.122 e. The largest absolute Gasteiger partial charge is 0.394 e. The standard InChI is InChI=1S/C13H18ClN3O2/c1-8-5-17(6-10(7-18)19-8)12-3-2-9(13(15)16)4-11(12)14/h2-4,8,10,18H,5-7H2,1H3,(H3,15,16). The normalized spacial score (nSPS) is 23.4. The molecule has 0 bridgehead atoms. The number of ether oxygens (including phenoxy) is 1. The Morgan fingerprint density at radius 2 is 2.32 bits per heavy atom. The van der Waals surface area contributed by atoms with E-state index in [0.29, 0.717) is 17.1 Å². The van der Waals surface area contributed by atoms with Gasteiger partial charge in [-0.2, -0.15) is 0 Å². The number of aliphatic hydroxyl groups excluding tert-OH is 1. The predicted octanol–water partition coefficient (Wildman–Crippen LogP) is 1.21. The Labute approximate surface area is 117 Å². The number of anilines is 1. The minimum absolute atomic E-state index is 0.00275. The Bertz CT molecular complexity index is 481. The Balaban J connectivity index is 2.23. The van der Waals surface area contributed by atoms with Crippen molar-refractivity contribution in [3.05, 3.63) is 28.8 Å². The fourth-order valence-electron chi connectivity index (χ4n) is 2.27. The number of rotatable bonds is 3. The smallest absolute Gasteiger partial charge is 0.122 e. The molecule has 0 aliphatic carbocycles. The number of nitrogens with two attached hydrogens (primary N) is 1. The molecule has 19 heavy (non-hydrogen) atoms. The van der Waals surface area contributed by atoms with Gasteiger partial charge in [0.05, 0.1) is 29.5 Å². The first-order valence-electron chi connectivity index (χ1n) is 6.16. The molecule has 1 aliphatic rings. The highest BCUT2D eigenvalue weighted by atomic mass is 35.5. The van der Waals surface area contributed by atoms with Gasteiger partial charge in [0.2, 0.25) is 0 Å². The quantitative estimate of drug-likeness (QED) is 0.575. The topological polar surface area (TPSA) is 82.6 Å². The van der Waals surface area contributed by atoms with Gasteiger partial charge in [-0.05, 0) is 25.1 Å². The van der Waals surface area contributed by atoms with Crippen molar-refractivity contribution in [1.82, 2.24) is 0 Å². The number of benzene rings is 1. The van der Waals surface area contributed by atoms with E-state index in [2.05, 4.69) is 4.90 Å². The maximum absolute atomic E-state index is 9.23. The number of nitrogen functional groups attached to an aromatic ring is 1. The SMILES string of the molecule is CC1CN(c2ccc(C(=N)N)cc2Cl)CC(CO)O1. The highest BCUT2D eigenvalue weighted by molar-refractivity contribution is 6.33. The lowest BCUT2D eigenvalue weighted by Gasteiger charge is -2.38. The molecule has 1 heterocycles. The molecule has 1 aromatic carbocycles. The summed E-state index contributed by atoms with van der Waals surface area (Å²) in [5.74, 6) is -0.00275. The van der Waals surface area contributed by atoms with Crippen molar-refractivity contribution in [2.24, 2.45) is 5.73 Å². The van der Waals surface area contributed by atoms with E-state index in [1.807, 2.05) is 13.0 Å². The van der Waals surface area contributed by atoms with Crippen LogP contribution in [-0.2, 0) is 4.74 Å². The molecule has 6 heteroatoms. The van der Waals surface area contributed by atoms with Crippen molar-refractivity contribution < 1.29 is 9.84 Å². The Morgan fingerprint density at radius 3 is 2.89 bits per heavy atom. The van der Waals surface area contributed by atoms with E-state index in [9.17, 15) is 5.11 Å². The third-order valence-electron chi connectivity index (χ3n) is 3.13. The average Bonchev–Trinajstić information content (AvgIpc) is 2.37. The summed E-state index contributed by atoms with van der Waals surface area (Å²) < 4.78 is 5.60. The Kier molecular flexibility index (Phi) is 4.29. The van der Waals surface area contributed by atoms with Crippen LogP contribution in [0.3, 0.4) is 0 Å². The molecule has 2 unspecified atom stereocenters. The molecule has 0 saturated carbocycles. The van der Waals surface area contributed by atoms with Crippen molar-refractivity contribution >= 4 is 23.1 Å². The van der Waals surface area contributed by atoms with Crippen LogP contribution in [0.2, 0.25) is 5.02 Å². The first kappa shape index (κ1) is 14.1. The van der Waals surface area contributed by atoms with Gasteiger partial charge in [-0.1, -0.05) is 11.6 Å². The summed E-state index contributed by atoms with van der Waals surface area (Å²) in [6, 6.07) is 5.32. The Hall–Kier alpha value is -1.30. The second-order valence-electron chi connectivity index (χ2n) is 4.74. The van der Waals surface area contributed by atoms with Crippen LogP contribution < -0.4 is 10.6 Å². The summed E-state index contributed by atoms with van der Waals surface area (Å²) in [5, 5.41) is 17.2. The lowest BCUT2D eigenvalue weighted by atomic mass is 10.1. The molecular formula is C13H18ClN3O2. The zero-order valence-corrected chi connectivity index (χ0v) is 11.5. The van der Waals surface area contributed by atoms with E-state index in [1.54, 1.807) is 12.1 Å². The minimum atomic E-state index is -0.202. The first-order chi connectivity index (χ1) is 9.01. The number of nitrogens with zero attached hydrogens (tertiary/aromatic N) is 1. The molecule has 4 N–H and O–H groups in total. The fourth-order valence-corrected chi connectivity index (χ4v) is 2.57. The van der Waals surface area contributed by atoms with Crippen LogP contribution in [0.4, 0.5) is 5.69 Å². The van der Waals surface area contributed by atoms with Crippen LogP contribution in [-0.4, -0.2) is 42.8 Å². The second kappa shape index (κ2) is 5.77. The van der Waals surface area contributed by atoms with Crippen LogP contribution >= 0.6 is 11.6 Å². The minimum Gasteiger partial charge on any atom is -0.394 e. The molecule has 2 rings (SSSR count). The van der Waals surface area contributed by atoms with E-state index in [1.165, 1.54) is 0 Å². The van der Waals surface area contributed by atoms with Gasteiger partial charge in [0.1, 0.15) is 5.84 Å². The number of morpholine rings is 1. The molecule has 0 aromatic heterocycles. The third-order valence-corrected chi connectivity index (χ3v) is 3.43. The van der Waals surface area contributed by atoms with Crippen molar-refractivity contribution in [3.63, 3.8) is 0 Å². The number of nitrogens with one attached hydrogen (secondary N) is 1. The van der Waals surface area contributed by atoms with Crippen LogP contribution in [0.25, 0.3) is 0 Å². The summed E-state index contributed by atoms with van der Waals surface area (Å²) >= 11 is 6.25.